The Kier molecular flexibility index (Phi) is 8.98. The smallest absolute Gasteiger partial charge is 0.267 e. The zero-order chi connectivity index (χ0) is 25.2. The van der Waals surface area contributed by atoms with Crippen molar-refractivity contribution < 1.29 is 28.3 Å². The highest BCUT2D eigenvalue weighted by atomic mass is 35.5. The molecule has 0 saturated heterocycles. The van der Waals surface area contributed by atoms with E-state index in [9.17, 15) is 10.1 Å². The summed E-state index contributed by atoms with van der Waals surface area (Å²) in [6.07, 6.45) is 1.39. The third-order valence-corrected chi connectivity index (χ3v) is 4.81. The van der Waals surface area contributed by atoms with Gasteiger partial charge in [-0.05, 0) is 49.8 Å². The van der Waals surface area contributed by atoms with E-state index in [1.165, 1.54) is 6.08 Å². The number of carbonyl (C=O) groups excluding carboxylic acids is 1. The van der Waals surface area contributed by atoms with Crippen LogP contribution in [0.25, 0.3) is 6.08 Å². The number of amides is 1. The van der Waals surface area contributed by atoms with Crippen LogP contribution in [0.1, 0.15) is 18.2 Å². The van der Waals surface area contributed by atoms with Gasteiger partial charge in [-0.2, -0.15) is 5.26 Å². The Morgan fingerprint density at radius 1 is 1.14 bits per heavy atom. The summed E-state index contributed by atoms with van der Waals surface area (Å²) >= 11 is 6.45. The molecule has 2 aromatic carbocycles. The van der Waals surface area contributed by atoms with Crippen LogP contribution in [-0.2, 0) is 4.79 Å². The highest BCUT2D eigenvalue weighted by Gasteiger charge is 2.16. The maximum atomic E-state index is 12.5. The summed E-state index contributed by atoms with van der Waals surface area (Å²) in [6.45, 7) is 4.29. The van der Waals surface area contributed by atoms with Crippen molar-refractivity contribution in [2.75, 3.05) is 32.2 Å². The SMILES string of the molecule is CCOc1cc(/C=C(/C#N)C(=O)Nc2cc(C)on2)cc(Cl)c1OCCOc1ccccc1OC. The predicted octanol–water partition coefficient (Wildman–Crippen LogP) is 5.05. The molecule has 1 heterocycles. The van der Waals surface area contributed by atoms with Gasteiger partial charge in [-0.1, -0.05) is 28.9 Å². The van der Waals surface area contributed by atoms with Gasteiger partial charge in [0.05, 0.1) is 18.7 Å². The summed E-state index contributed by atoms with van der Waals surface area (Å²) in [4.78, 5) is 12.5. The van der Waals surface area contributed by atoms with Gasteiger partial charge >= 0.3 is 0 Å². The van der Waals surface area contributed by atoms with Gasteiger partial charge in [0.25, 0.3) is 5.91 Å². The van der Waals surface area contributed by atoms with E-state index in [2.05, 4.69) is 10.5 Å². The second-order valence-electron chi connectivity index (χ2n) is 7.06. The second-order valence-corrected chi connectivity index (χ2v) is 7.46. The minimum Gasteiger partial charge on any atom is -0.493 e. The first-order chi connectivity index (χ1) is 16.9. The minimum atomic E-state index is -0.635. The Balaban J connectivity index is 1.72. The molecule has 0 aliphatic heterocycles. The van der Waals surface area contributed by atoms with E-state index >= 15 is 0 Å². The van der Waals surface area contributed by atoms with E-state index in [1.807, 2.05) is 25.1 Å². The molecule has 0 aliphatic rings. The van der Waals surface area contributed by atoms with Crippen molar-refractivity contribution in [3.8, 4) is 29.1 Å². The number of nitrogens with one attached hydrogen (secondary N) is 1. The first-order valence-corrected chi connectivity index (χ1v) is 11.0. The van der Waals surface area contributed by atoms with Crippen molar-refractivity contribution in [3.05, 3.63) is 64.4 Å². The Morgan fingerprint density at radius 3 is 2.54 bits per heavy atom. The van der Waals surface area contributed by atoms with Crippen LogP contribution in [0.15, 0.2) is 52.6 Å². The summed E-state index contributed by atoms with van der Waals surface area (Å²) in [7, 11) is 1.57. The average molecular weight is 498 g/mol. The van der Waals surface area contributed by atoms with Crippen LogP contribution >= 0.6 is 11.6 Å². The fraction of sp³-hybridized carbons (Fsp3) is 0.240. The molecule has 0 atom stereocenters. The van der Waals surface area contributed by atoms with Gasteiger partial charge in [0.2, 0.25) is 0 Å². The molecule has 9 nitrogen and oxygen atoms in total. The van der Waals surface area contributed by atoms with Crippen LogP contribution in [0.4, 0.5) is 5.82 Å². The van der Waals surface area contributed by atoms with Crippen molar-refractivity contribution in [2.24, 2.45) is 0 Å². The summed E-state index contributed by atoms with van der Waals surface area (Å²) in [6, 6.07) is 13.9. The first kappa shape index (κ1) is 25.5. The number of benzene rings is 2. The average Bonchev–Trinajstić information content (AvgIpc) is 3.26. The molecule has 0 aliphatic carbocycles. The maximum absolute atomic E-state index is 12.5. The van der Waals surface area contributed by atoms with Crippen molar-refractivity contribution in [1.82, 2.24) is 5.16 Å². The number of aromatic nitrogens is 1. The summed E-state index contributed by atoms with van der Waals surface area (Å²) in [5, 5.41) is 15.9. The second kappa shape index (κ2) is 12.3. The molecule has 0 radical (unpaired) electrons. The first-order valence-electron chi connectivity index (χ1n) is 10.7. The number of anilines is 1. The molecule has 3 aromatic rings. The third-order valence-electron chi connectivity index (χ3n) is 4.53. The lowest BCUT2D eigenvalue weighted by atomic mass is 10.1. The van der Waals surface area contributed by atoms with E-state index in [1.54, 1.807) is 44.4 Å². The van der Waals surface area contributed by atoms with E-state index in [4.69, 9.17) is 35.1 Å². The molecule has 0 spiro atoms. The van der Waals surface area contributed by atoms with Gasteiger partial charge in [0.1, 0.15) is 30.6 Å². The number of para-hydroxylation sites is 2. The zero-order valence-electron chi connectivity index (χ0n) is 19.5. The molecular weight excluding hydrogens is 474 g/mol. The van der Waals surface area contributed by atoms with E-state index in [0.29, 0.717) is 40.9 Å². The topological polar surface area (TPSA) is 116 Å². The van der Waals surface area contributed by atoms with Gasteiger partial charge in [-0.3, -0.25) is 4.79 Å². The lowest BCUT2D eigenvalue weighted by Crippen LogP contribution is -2.13. The number of nitrogens with zero attached hydrogens (tertiary/aromatic N) is 2. The van der Waals surface area contributed by atoms with Crippen LogP contribution in [0, 0.1) is 18.3 Å². The Bertz CT molecular complexity index is 1250. The number of nitriles is 1. The highest BCUT2D eigenvalue weighted by molar-refractivity contribution is 6.32. The van der Waals surface area contributed by atoms with Crippen LogP contribution in [0.5, 0.6) is 23.0 Å². The molecule has 10 heteroatoms. The molecule has 35 heavy (non-hydrogen) atoms. The monoisotopic (exact) mass is 497 g/mol. The molecule has 1 aromatic heterocycles. The number of ether oxygens (including phenoxy) is 4. The van der Waals surface area contributed by atoms with Crippen molar-refractivity contribution in [1.29, 1.82) is 5.26 Å². The summed E-state index contributed by atoms with van der Waals surface area (Å²) in [5.41, 5.74) is 0.335. The largest absolute Gasteiger partial charge is 0.493 e. The van der Waals surface area contributed by atoms with Gasteiger partial charge in [-0.15, -0.1) is 0 Å². The van der Waals surface area contributed by atoms with E-state index < -0.39 is 5.91 Å². The molecule has 0 unspecified atom stereocenters. The van der Waals surface area contributed by atoms with E-state index in [0.717, 1.165) is 0 Å². The molecule has 0 saturated carbocycles. The van der Waals surface area contributed by atoms with Crippen molar-refractivity contribution in [2.45, 2.75) is 13.8 Å². The van der Waals surface area contributed by atoms with Crippen LogP contribution in [-0.4, -0.2) is 38.0 Å². The molecule has 182 valence electrons. The quantitative estimate of drug-likeness (QED) is 0.222. The highest BCUT2D eigenvalue weighted by Crippen LogP contribution is 2.37. The molecule has 3 rings (SSSR count). The number of carbonyl (C=O) groups is 1. The zero-order valence-corrected chi connectivity index (χ0v) is 20.2. The van der Waals surface area contributed by atoms with Gasteiger partial charge in [0, 0.05) is 6.07 Å². The molecule has 0 bridgehead atoms. The number of rotatable bonds is 11. The Labute approximate surface area is 207 Å². The van der Waals surface area contributed by atoms with Crippen LogP contribution in [0.3, 0.4) is 0 Å². The maximum Gasteiger partial charge on any atom is 0.267 e. The summed E-state index contributed by atoms with van der Waals surface area (Å²) in [5.74, 6) is 2.01. The van der Waals surface area contributed by atoms with E-state index in [-0.39, 0.29) is 29.6 Å². The van der Waals surface area contributed by atoms with Gasteiger partial charge < -0.3 is 28.8 Å². The molecular formula is C25H24ClN3O6. The minimum absolute atomic E-state index is 0.150. The number of aryl methyl sites for hydroxylation is 1. The summed E-state index contributed by atoms with van der Waals surface area (Å²) < 4.78 is 27.4. The predicted molar refractivity (Wildman–Crippen MR) is 130 cm³/mol. The third kappa shape index (κ3) is 6.91. The Morgan fingerprint density at radius 2 is 1.89 bits per heavy atom. The van der Waals surface area contributed by atoms with Crippen LogP contribution in [0.2, 0.25) is 5.02 Å². The lowest BCUT2D eigenvalue weighted by Gasteiger charge is -2.15. The number of hydrogen-bond donors (Lipinski definition) is 1. The number of halogens is 1. The van der Waals surface area contributed by atoms with Crippen molar-refractivity contribution >= 4 is 29.4 Å². The molecule has 0 fully saturated rings. The van der Waals surface area contributed by atoms with Crippen LogP contribution < -0.4 is 24.3 Å². The standard InChI is InChI=1S/C25H24ClN3O6/c1-4-32-22-14-17(12-18(15-27)25(30)28-23-11-16(2)35-29-23)13-19(26)24(22)34-10-9-33-21-8-6-5-7-20(21)31-3/h5-8,11-14H,4,9-10H2,1-3H3,(H,28,29,30)/b18-12-. The number of methoxy groups -OCH3 is 1. The lowest BCUT2D eigenvalue weighted by molar-refractivity contribution is -0.112. The van der Waals surface area contributed by atoms with Gasteiger partial charge in [-0.25, -0.2) is 0 Å². The Hall–Kier alpha value is -4.16. The fourth-order valence-electron chi connectivity index (χ4n) is 3.03. The van der Waals surface area contributed by atoms with Gasteiger partial charge in [0.15, 0.2) is 28.8 Å². The molecule has 1 N–H and O–H groups in total. The molecule has 1 amide bonds. The van der Waals surface area contributed by atoms with Crippen molar-refractivity contribution in [3.63, 3.8) is 0 Å². The normalized spacial score (nSPS) is 10.9. The fourth-order valence-corrected chi connectivity index (χ4v) is 3.31. The number of hydrogen-bond acceptors (Lipinski definition) is 8.